The first-order chi connectivity index (χ1) is 17.6. The Bertz CT molecular complexity index is 1360. The molecule has 1 atom stereocenters. The van der Waals surface area contributed by atoms with Crippen LogP contribution < -0.4 is 10.1 Å². The molecule has 36 heavy (non-hydrogen) atoms. The number of thiophene rings is 1. The highest BCUT2D eigenvalue weighted by Crippen LogP contribution is 2.41. The average Bonchev–Trinajstić information content (AvgIpc) is 3.51. The summed E-state index contributed by atoms with van der Waals surface area (Å²) in [5.74, 6) is 1.51. The predicted molar refractivity (Wildman–Crippen MR) is 138 cm³/mol. The molecule has 10 nitrogen and oxygen atoms in total. The van der Waals surface area contributed by atoms with E-state index in [1.54, 1.807) is 49.7 Å². The molecule has 0 radical (unpaired) electrons. The van der Waals surface area contributed by atoms with Gasteiger partial charge in [-0.05, 0) is 37.0 Å². The van der Waals surface area contributed by atoms with E-state index in [1.165, 1.54) is 10.4 Å². The van der Waals surface area contributed by atoms with Gasteiger partial charge in [0.15, 0.2) is 5.75 Å². The zero-order chi connectivity index (χ0) is 25.1. The smallest absolute Gasteiger partial charge is 0.226 e. The highest BCUT2D eigenvalue weighted by Gasteiger charge is 2.31. The Balaban J connectivity index is 1.42. The van der Waals surface area contributed by atoms with Gasteiger partial charge in [-0.3, -0.25) is 4.79 Å². The molecule has 1 aliphatic rings. The molecular weight excluding hydrogens is 480 g/mol. The fourth-order valence-electron chi connectivity index (χ4n) is 4.74. The van der Waals surface area contributed by atoms with Crippen molar-refractivity contribution in [2.75, 3.05) is 52.9 Å². The molecule has 0 spiro atoms. The Morgan fingerprint density at radius 1 is 1.22 bits per heavy atom. The molecule has 4 aromatic heterocycles. The summed E-state index contributed by atoms with van der Waals surface area (Å²) in [6.45, 7) is 2.15. The van der Waals surface area contributed by atoms with Crippen molar-refractivity contribution in [1.82, 2.24) is 24.5 Å². The minimum atomic E-state index is -0.0620. The van der Waals surface area contributed by atoms with Gasteiger partial charge < -0.3 is 24.4 Å². The van der Waals surface area contributed by atoms with E-state index in [-0.39, 0.29) is 11.8 Å². The average molecular weight is 511 g/mol. The third kappa shape index (κ3) is 4.73. The summed E-state index contributed by atoms with van der Waals surface area (Å²) < 4.78 is 17.8. The molecule has 190 valence electrons. The first-order valence-corrected chi connectivity index (χ1v) is 12.7. The summed E-state index contributed by atoms with van der Waals surface area (Å²) in [6.07, 6.45) is 7.46. The SMILES string of the molecule is COCCN(CCOC)C(=O)[C@H]1CCc2c(sc3ncnc(Nc4cc5ccnn5cc4OC)c23)C1. The van der Waals surface area contributed by atoms with Crippen LogP contribution in [0.25, 0.3) is 15.7 Å². The number of rotatable bonds is 10. The van der Waals surface area contributed by atoms with E-state index >= 15 is 0 Å². The summed E-state index contributed by atoms with van der Waals surface area (Å²) in [6, 6.07) is 3.92. The van der Waals surface area contributed by atoms with Crippen molar-refractivity contribution in [3.05, 3.63) is 41.3 Å². The maximum atomic E-state index is 13.4. The van der Waals surface area contributed by atoms with Crippen molar-refractivity contribution < 1.29 is 19.0 Å². The monoisotopic (exact) mass is 510 g/mol. The van der Waals surface area contributed by atoms with Crippen LogP contribution in [0, 0.1) is 5.92 Å². The number of nitrogens with one attached hydrogen (secondary N) is 1. The molecule has 0 aliphatic heterocycles. The molecule has 1 N–H and O–H groups in total. The molecule has 0 saturated carbocycles. The first-order valence-electron chi connectivity index (χ1n) is 11.9. The van der Waals surface area contributed by atoms with Crippen molar-refractivity contribution in [2.24, 2.45) is 5.92 Å². The Hall–Kier alpha value is -3.28. The zero-order valence-electron chi connectivity index (χ0n) is 20.7. The molecule has 0 bridgehead atoms. The van der Waals surface area contributed by atoms with Crippen LogP contribution in [0.5, 0.6) is 5.75 Å². The third-order valence-corrected chi connectivity index (χ3v) is 7.77. The van der Waals surface area contributed by atoms with Crippen LogP contribution in [0.2, 0.25) is 0 Å². The lowest BCUT2D eigenvalue weighted by Crippen LogP contribution is -2.41. The van der Waals surface area contributed by atoms with Gasteiger partial charge in [0, 0.05) is 44.3 Å². The topological polar surface area (TPSA) is 103 Å². The van der Waals surface area contributed by atoms with Crippen LogP contribution in [0.1, 0.15) is 16.9 Å². The molecule has 0 aromatic carbocycles. The lowest BCUT2D eigenvalue weighted by Gasteiger charge is -2.29. The largest absolute Gasteiger partial charge is 0.493 e. The van der Waals surface area contributed by atoms with Crippen LogP contribution in [-0.4, -0.2) is 78.0 Å². The van der Waals surface area contributed by atoms with E-state index in [4.69, 9.17) is 14.2 Å². The number of pyridine rings is 1. The Morgan fingerprint density at radius 3 is 2.78 bits per heavy atom. The minimum absolute atomic E-state index is 0.0620. The number of carbonyl (C=O) groups excluding carboxylic acids is 1. The second kappa shape index (κ2) is 10.8. The molecule has 5 rings (SSSR count). The van der Waals surface area contributed by atoms with E-state index in [2.05, 4.69) is 20.4 Å². The number of methoxy groups -OCH3 is 3. The van der Waals surface area contributed by atoms with Gasteiger partial charge >= 0.3 is 0 Å². The van der Waals surface area contributed by atoms with Gasteiger partial charge in [-0.1, -0.05) is 0 Å². The van der Waals surface area contributed by atoms with Crippen LogP contribution in [0.15, 0.2) is 30.9 Å². The normalized spacial score (nSPS) is 15.2. The fourth-order valence-corrected chi connectivity index (χ4v) is 6.01. The summed E-state index contributed by atoms with van der Waals surface area (Å²) in [4.78, 5) is 26.5. The number of aromatic nitrogens is 4. The van der Waals surface area contributed by atoms with Gasteiger partial charge in [-0.25, -0.2) is 14.5 Å². The molecule has 0 fully saturated rings. The molecule has 1 amide bonds. The number of anilines is 2. The number of hydrogen-bond donors (Lipinski definition) is 1. The molecule has 4 aromatic rings. The number of aryl methyl sites for hydroxylation is 1. The molecule has 11 heteroatoms. The minimum Gasteiger partial charge on any atom is -0.493 e. The van der Waals surface area contributed by atoms with Gasteiger partial charge in [0.2, 0.25) is 5.91 Å². The summed E-state index contributed by atoms with van der Waals surface area (Å²) in [5, 5.41) is 8.77. The van der Waals surface area contributed by atoms with Crippen molar-refractivity contribution in [3.8, 4) is 5.75 Å². The Kier molecular flexibility index (Phi) is 7.30. The van der Waals surface area contributed by atoms with Crippen LogP contribution in [-0.2, 0) is 27.1 Å². The quantitative estimate of drug-likeness (QED) is 0.347. The maximum Gasteiger partial charge on any atom is 0.226 e. The zero-order valence-corrected chi connectivity index (χ0v) is 21.5. The van der Waals surface area contributed by atoms with E-state index in [1.807, 2.05) is 23.2 Å². The van der Waals surface area contributed by atoms with Gasteiger partial charge in [0.05, 0.1) is 43.1 Å². The number of nitrogens with zero attached hydrogens (tertiary/aromatic N) is 5. The second-order valence-electron chi connectivity index (χ2n) is 8.74. The first kappa shape index (κ1) is 24.4. The number of amides is 1. The molecule has 0 saturated heterocycles. The Labute approximate surface area is 213 Å². The van der Waals surface area contributed by atoms with Crippen LogP contribution in [0.3, 0.4) is 0 Å². The lowest BCUT2D eigenvalue weighted by atomic mass is 9.87. The summed E-state index contributed by atoms with van der Waals surface area (Å²) in [7, 11) is 4.94. The van der Waals surface area contributed by atoms with Crippen molar-refractivity contribution in [3.63, 3.8) is 0 Å². The molecular formula is C25H30N6O4S. The predicted octanol–water partition coefficient (Wildman–Crippen LogP) is 3.32. The molecule has 1 aliphatic carbocycles. The van der Waals surface area contributed by atoms with Crippen molar-refractivity contribution in [2.45, 2.75) is 19.3 Å². The van der Waals surface area contributed by atoms with E-state index in [9.17, 15) is 4.79 Å². The van der Waals surface area contributed by atoms with Gasteiger partial charge in [0.25, 0.3) is 0 Å². The highest BCUT2D eigenvalue weighted by atomic mass is 32.1. The third-order valence-electron chi connectivity index (χ3n) is 6.61. The maximum absolute atomic E-state index is 13.4. The van der Waals surface area contributed by atoms with Crippen molar-refractivity contribution >= 4 is 44.5 Å². The lowest BCUT2D eigenvalue weighted by molar-refractivity contribution is -0.137. The molecule has 0 unspecified atom stereocenters. The Morgan fingerprint density at radius 2 is 2.03 bits per heavy atom. The van der Waals surface area contributed by atoms with E-state index < -0.39 is 0 Å². The number of fused-ring (bicyclic) bond motifs is 4. The van der Waals surface area contributed by atoms with Crippen LogP contribution in [0.4, 0.5) is 11.5 Å². The highest BCUT2D eigenvalue weighted by molar-refractivity contribution is 7.19. The number of ether oxygens (including phenoxy) is 3. The number of hydrogen-bond acceptors (Lipinski definition) is 9. The van der Waals surface area contributed by atoms with Crippen LogP contribution >= 0.6 is 11.3 Å². The standard InChI is InChI=1S/C25H30N6O4S/c1-33-10-8-30(9-11-34-2)25(32)16-4-5-18-21(12-16)36-24-22(18)23(26-15-27-24)29-19-13-17-6-7-28-31(17)14-20(19)35-3/h6-7,13-16H,4-5,8-12H2,1-3H3,(H,26,27,29)/t16-/m0/s1. The van der Waals surface area contributed by atoms with Gasteiger partial charge in [0.1, 0.15) is 17.0 Å². The number of carbonyl (C=O) groups is 1. The van der Waals surface area contributed by atoms with Gasteiger partial charge in [-0.15, -0.1) is 11.3 Å². The van der Waals surface area contributed by atoms with E-state index in [0.717, 1.165) is 40.1 Å². The fraction of sp³-hybridized carbons (Fsp3) is 0.440. The summed E-state index contributed by atoms with van der Waals surface area (Å²) >= 11 is 1.65. The second-order valence-corrected chi connectivity index (χ2v) is 9.82. The van der Waals surface area contributed by atoms with E-state index in [0.29, 0.717) is 38.5 Å². The van der Waals surface area contributed by atoms with Crippen molar-refractivity contribution in [1.29, 1.82) is 0 Å². The van der Waals surface area contributed by atoms with Gasteiger partial charge in [-0.2, -0.15) is 5.10 Å². The summed E-state index contributed by atoms with van der Waals surface area (Å²) in [5.41, 5.74) is 2.98. The molecule has 4 heterocycles.